The van der Waals surface area contributed by atoms with Gasteiger partial charge in [-0.15, -0.1) is 0 Å². The van der Waals surface area contributed by atoms with Crippen LogP contribution in [0.4, 0.5) is 17.1 Å². The molecule has 70 heavy (non-hydrogen) atoms. The number of aromatic nitrogens is 2. The average Bonchev–Trinajstić information content (AvgIpc) is 4.11. The summed E-state index contributed by atoms with van der Waals surface area (Å²) in [7, 11) is 0. The van der Waals surface area contributed by atoms with E-state index >= 15 is 0 Å². The average molecular weight is 894 g/mol. The van der Waals surface area contributed by atoms with Crippen molar-refractivity contribution in [2.45, 2.75) is 0 Å². The second-order valence-electron chi connectivity index (χ2n) is 18.1. The van der Waals surface area contributed by atoms with Crippen molar-refractivity contribution in [1.82, 2.24) is 9.13 Å². The lowest BCUT2D eigenvalue weighted by atomic mass is 10.0. The SMILES string of the molecule is c1ccc(-c2ccc(N(c3ccc(-c4ccccc4)cc3)c3ccc(-c4ccc(-n5c6ccccc6c6ccc7c8ccc9c%10ccccc%10n(-c%10ccccc%10)c9c8oc7c65)cc4)cc3)cc2)cc1. The summed E-state index contributed by atoms with van der Waals surface area (Å²) in [5.41, 5.74) is 18.8. The Kier molecular flexibility index (Phi) is 9.17. The van der Waals surface area contributed by atoms with Gasteiger partial charge in [0.2, 0.25) is 0 Å². The van der Waals surface area contributed by atoms with E-state index in [4.69, 9.17) is 4.42 Å². The van der Waals surface area contributed by atoms with E-state index in [0.29, 0.717) is 0 Å². The monoisotopic (exact) mass is 893 g/mol. The molecule has 4 heteroatoms. The van der Waals surface area contributed by atoms with E-state index in [1.165, 1.54) is 38.4 Å². The maximum atomic E-state index is 7.26. The summed E-state index contributed by atoms with van der Waals surface area (Å²) in [6, 6.07) is 93.8. The van der Waals surface area contributed by atoms with E-state index in [1.54, 1.807) is 0 Å². The third-order valence-electron chi connectivity index (χ3n) is 14.1. The van der Waals surface area contributed by atoms with Gasteiger partial charge < -0.3 is 18.5 Å². The van der Waals surface area contributed by atoms with E-state index in [0.717, 1.165) is 89.0 Å². The van der Waals surface area contributed by atoms with Gasteiger partial charge in [-0.1, -0.05) is 176 Å². The third-order valence-corrected chi connectivity index (χ3v) is 14.1. The number of hydrogen-bond acceptors (Lipinski definition) is 2. The summed E-state index contributed by atoms with van der Waals surface area (Å²) in [5.74, 6) is 0. The fourth-order valence-corrected chi connectivity index (χ4v) is 10.8. The summed E-state index contributed by atoms with van der Waals surface area (Å²) < 4.78 is 12.0. The van der Waals surface area contributed by atoms with Crippen LogP contribution < -0.4 is 4.90 Å². The number of hydrogen-bond donors (Lipinski definition) is 0. The molecule has 0 aliphatic heterocycles. The molecule has 0 amide bonds. The first kappa shape index (κ1) is 39.8. The molecule has 14 aromatic rings. The molecule has 3 aromatic heterocycles. The van der Waals surface area contributed by atoms with Gasteiger partial charge in [0.15, 0.2) is 11.2 Å². The predicted octanol–water partition coefficient (Wildman–Crippen LogP) is 18.3. The van der Waals surface area contributed by atoms with Gasteiger partial charge in [-0.25, -0.2) is 0 Å². The molecule has 3 heterocycles. The van der Waals surface area contributed by atoms with E-state index in [-0.39, 0.29) is 0 Å². The Hall–Kier alpha value is -9.38. The molecule has 0 unspecified atom stereocenters. The molecule has 0 aliphatic carbocycles. The Labute approximate surface area is 404 Å². The molecule has 0 bridgehead atoms. The van der Waals surface area contributed by atoms with Gasteiger partial charge in [0, 0.05) is 60.8 Å². The summed E-state index contributed by atoms with van der Waals surface area (Å²) in [5, 5.41) is 6.94. The Balaban J connectivity index is 0.860. The highest BCUT2D eigenvalue weighted by atomic mass is 16.3. The van der Waals surface area contributed by atoms with Gasteiger partial charge in [-0.2, -0.15) is 0 Å². The molecule has 14 rings (SSSR count). The quantitative estimate of drug-likeness (QED) is 0.152. The Bertz CT molecular complexity index is 4140. The number of rotatable bonds is 8. The number of nitrogens with zero attached hydrogens (tertiary/aromatic N) is 3. The Morgan fingerprint density at radius 3 is 0.971 bits per heavy atom. The van der Waals surface area contributed by atoms with Crippen LogP contribution in [-0.4, -0.2) is 9.13 Å². The highest BCUT2D eigenvalue weighted by Crippen LogP contribution is 2.45. The molecule has 0 aliphatic rings. The van der Waals surface area contributed by atoms with Crippen LogP contribution in [0.5, 0.6) is 0 Å². The largest absolute Gasteiger partial charge is 0.452 e. The van der Waals surface area contributed by atoms with Crippen LogP contribution in [0.2, 0.25) is 0 Å². The first-order valence-corrected chi connectivity index (χ1v) is 23.9. The Morgan fingerprint density at radius 2 is 0.557 bits per heavy atom. The molecule has 0 radical (unpaired) electrons. The third kappa shape index (κ3) is 6.38. The van der Waals surface area contributed by atoms with Crippen LogP contribution in [-0.2, 0) is 0 Å². The molecule has 11 aromatic carbocycles. The summed E-state index contributed by atoms with van der Waals surface area (Å²) in [6.45, 7) is 0. The minimum atomic E-state index is 0.884. The number of furan rings is 1. The molecule has 0 saturated carbocycles. The van der Waals surface area contributed by atoms with E-state index < -0.39 is 0 Å². The zero-order chi connectivity index (χ0) is 46.1. The molecule has 4 nitrogen and oxygen atoms in total. The van der Waals surface area contributed by atoms with Crippen molar-refractivity contribution in [1.29, 1.82) is 0 Å². The topological polar surface area (TPSA) is 26.2 Å². The summed E-state index contributed by atoms with van der Waals surface area (Å²) in [6.07, 6.45) is 0. The van der Waals surface area contributed by atoms with Crippen LogP contribution in [0.15, 0.2) is 265 Å². The second kappa shape index (κ2) is 16.2. The van der Waals surface area contributed by atoms with Crippen molar-refractivity contribution in [3.8, 4) is 44.8 Å². The summed E-state index contributed by atoms with van der Waals surface area (Å²) >= 11 is 0. The molecule has 0 fully saturated rings. The van der Waals surface area contributed by atoms with Gasteiger partial charge in [0.1, 0.15) is 0 Å². The smallest absolute Gasteiger partial charge is 0.160 e. The van der Waals surface area contributed by atoms with Gasteiger partial charge in [0.25, 0.3) is 0 Å². The number of benzene rings is 11. The number of anilines is 3. The van der Waals surface area contributed by atoms with Crippen molar-refractivity contribution in [3.63, 3.8) is 0 Å². The standard InChI is InChI=1S/C66H43N3O/c1-4-14-44(15-5-1)46-24-32-51(33-25-46)67(52-34-26-47(27-35-52)45-16-6-2-7-17-45)53-36-28-48(29-37-53)49-30-38-54(39-31-49)69-62-23-13-11-21-56(62)58-41-43-60-59-42-40-57-55-20-10-12-22-61(55)68(50-18-8-3-9-19-50)63(57)65(59)70-66(60)64(58)69/h1-43H. The van der Waals surface area contributed by atoms with Gasteiger partial charge >= 0.3 is 0 Å². The minimum Gasteiger partial charge on any atom is -0.452 e. The molecule has 0 saturated heterocycles. The molecule has 328 valence electrons. The van der Waals surface area contributed by atoms with Crippen LogP contribution in [0.25, 0.3) is 110 Å². The molecule has 0 atom stereocenters. The lowest BCUT2D eigenvalue weighted by molar-refractivity contribution is 0.673. The Morgan fingerprint density at radius 1 is 0.243 bits per heavy atom. The van der Waals surface area contributed by atoms with E-state index in [2.05, 4.69) is 275 Å². The van der Waals surface area contributed by atoms with Crippen LogP contribution in [0.1, 0.15) is 0 Å². The van der Waals surface area contributed by atoms with Crippen LogP contribution in [0, 0.1) is 0 Å². The number of fused-ring (bicyclic) bond motifs is 11. The fraction of sp³-hybridized carbons (Fsp3) is 0. The molecular formula is C66H43N3O. The maximum Gasteiger partial charge on any atom is 0.160 e. The highest BCUT2D eigenvalue weighted by Gasteiger charge is 2.23. The van der Waals surface area contributed by atoms with E-state index in [9.17, 15) is 0 Å². The number of para-hydroxylation sites is 3. The van der Waals surface area contributed by atoms with Crippen molar-refractivity contribution in [3.05, 3.63) is 261 Å². The van der Waals surface area contributed by atoms with Crippen LogP contribution >= 0.6 is 0 Å². The van der Waals surface area contributed by atoms with Crippen molar-refractivity contribution < 1.29 is 4.42 Å². The van der Waals surface area contributed by atoms with Crippen molar-refractivity contribution >= 4 is 82.6 Å². The lowest BCUT2D eigenvalue weighted by Crippen LogP contribution is -2.09. The fourth-order valence-electron chi connectivity index (χ4n) is 10.8. The predicted molar refractivity (Wildman–Crippen MR) is 293 cm³/mol. The second-order valence-corrected chi connectivity index (χ2v) is 18.1. The lowest BCUT2D eigenvalue weighted by Gasteiger charge is -2.26. The van der Waals surface area contributed by atoms with Gasteiger partial charge in [0.05, 0.1) is 22.1 Å². The van der Waals surface area contributed by atoms with Gasteiger partial charge in [-0.05, 0) is 118 Å². The molecule has 0 spiro atoms. The normalized spacial score (nSPS) is 11.7. The first-order chi connectivity index (χ1) is 34.7. The van der Waals surface area contributed by atoms with Crippen molar-refractivity contribution in [2.24, 2.45) is 0 Å². The maximum absolute atomic E-state index is 7.26. The molecular weight excluding hydrogens is 851 g/mol. The highest BCUT2D eigenvalue weighted by molar-refractivity contribution is 6.26. The minimum absolute atomic E-state index is 0.884. The zero-order valence-electron chi connectivity index (χ0n) is 38.1. The van der Waals surface area contributed by atoms with Crippen molar-refractivity contribution in [2.75, 3.05) is 4.90 Å². The summed E-state index contributed by atoms with van der Waals surface area (Å²) in [4.78, 5) is 2.34. The van der Waals surface area contributed by atoms with E-state index in [1.807, 2.05) is 0 Å². The van der Waals surface area contributed by atoms with Crippen LogP contribution in [0.3, 0.4) is 0 Å². The van der Waals surface area contributed by atoms with Gasteiger partial charge in [-0.3, -0.25) is 0 Å². The zero-order valence-corrected chi connectivity index (χ0v) is 38.1. The molecule has 0 N–H and O–H groups in total. The first-order valence-electron chi connectivity index (χ1n) is 23.9.